The van der Waals surface area contributed by atoms with E-state index in [1.54, 1.807) is 0 Å². The van der Waals surface area contributed by atoms with Crippen LogP contribution in [0.5, 0.6) is 11.5 Å². The molecule has 12 rings (SSSR count). The van der Waals surface area contributed by atoms with Crippen LogP contribution in [0.1, 0.15) is 144 Å². The number of ether oxygens (including phenoxy) is 2. The lowest BCUT2D eigenvalue weighted by molar-refractivity contribution is -0.433. The van der Waals surface area contributed by atoms with Crippen molar-refractivity contribution in [3.8, 4) is 11.5 Å². The van der Waals surface area contributed by atoms with Crippen molar-refractivity contribution in [2.45, 2.75) is 143 Å². The van der Waals surface area contributed by atoms with Crippen LogP contribution in [0.25, 0.3) is 21.5 Å². The molecule has 0 atom stereocenters. The van der Waals surface area contributed by atoms with Gasteiger partial charge in [0.05, 0.1) is 24.0 Å². The van der Waals surface area contributed by atoms with Gasteiger partial charge in [0.2, 0.25) is 11.4 Å². The number of rotatable bonds is 17. The van der Waals surface area contributed by atoms with Gasteiger partial charge in [-0.05, 0) is 197 Å². The van der Waals surface area contributed by atoms with Gasteiger partial charge in [-0.2, -0.15) is 9.15 Å². The molecule has 0 bridgehead atoms. The number of benzene rings is 6. The number of anilines is 2. The summed E-state index contributed by atoms with van der Waals surface area (Å²) in [6.45, 7) is 32.6. The van der Waals surface area contributed by atoms with Crippen molar-refractivity contribution in [3.05, 3.63) is 224 Å². The number of fused-ring (bicyclic) bond motifs is 8. The lowest BCUT2D eigenvalue weighted by Gasteiger charge is -2.26. The van der Waals surface area contributed by atoms with Gasteiger partial charge in [-0.1, -0.05) is 136 Å². The van der Waals surface area contributed by atoms with Gasteiger partial charge in [0, 0.05) is 92.2 Å². The van der Waals surface area contributed by atoms with Crippen LogP contribution in [0.4, 0.5) is 22.7 Å². The van der Waals surface area contributed by atoms with E-state index in [-0.39, 0.29) is 21.7 Å². The third kappa shape index (κ3) is 10.0. The second-order valence-corrected chi connectivity index (χ2v) is 27.0. The molecular formula is C78H86Cl2N4O2+2. The monoisotopic (exact) mass is 1180 g/mol. The average molecular weight is 1180 g/mol. The molecule has 442 valence electrons. The van der Waals surface area contributed by atoms with Crippen molar-refractivity contribution in [2.24, 2.45) is 0 Å². The number of hydrogen-bond donors (Lipinski definition) is 0. The van der Waals surface area contributed by atoms with Crippen molar-refractivity contribution in [3.63, 3.8) is 0 Å². The third-order valence-electron chi connectivity index (χ3n) is 19.8. The standard InChI is InChI=1S/C78H86Cl2N4O2/c1-13-81-63-41-37-57(49-61(63)75(5,6)67(81)43-33-53-27-29-55(73(53)79)35-45-69-77(9,10)71-59-25-19-17-23-51(59)31-39-65(71)83(69)15-3)85-47-21-22-48-86-58-38-42-64-62(50-58)76(7,8)68(82(64)14-2)44-34-54-28-30-56(74(54)80)36-46-70-78(11,12)72-60-26-20-18-24-52(60)32-40-66(72)84(70)16-4/h17-20,23-26,31-46,49-50H,13-16,21-22,27-30,47-48H2,1-12H3/q+2. The van der Waals surface area contributed by atoms with Gasteiger partial charge in [0.1, 0.15) is 24.6 Å². The minimum Gasteiger partial charge on any atom is -0.494 e. The molecule has 6 aromatic rings. The second-order valence-electron chi connectivity index (χ2n) is 26.2. The molecular weight excluding hydrogens is 1100 g/mol. The Kier molecular flexibility index (Phi) is 16.0. The van der Waals surface area contributed by atoms with Gasteiger partial charge in [-0.25, -0.2) is 0 Å². The van der Waals surface area contributed by atoms with Gasteiger partial charge >= 0.3 is 0 Å². The summed E-state index contributed by atoms with van der Waals surface area (Å²) in [4.78, 5) is 4.96. The van der Waals surface area contributed by atoms with E-state index in [1.165, 1.54) is 112 Å². The molecule has 0 radical (unpaired) electrons. The summed E-state index contributed by atoms with van der Waals surface area (Å²) in [6.07, 6.45) is 23.9. The van der Waals surface area contributed by atoms with Crippen LogP contribution in [-0.2, 0) is 21.7 Å². The summed E-state index contributed by atoms with van der Waals surface area (Å²) in [5.41, 5.74) is 19.7. The van der Waals surface area contributed by atoms with E-state index in [9.17, 15) is 0 Å². The topological polar surface area (TPSA) is 31.0 Å². The molecule has 4 heterocycles. The Hall–Kier alpha value is -7.12. The Balaban J connectivity index is 0.652. The summed E-state index contributed by atoms with van der Waals surface area (Å²) in [7, 11) is 0. The van der Waals surface area contributed by atoms with E-state index in [0.29, 0.717) is 13.2 Å². The minimum atomic E-state index is -0.217. The van der Waals surface area contributed by atoms with E-state index >= 15 is 0 Å². The van der Waals surface area contributed by atoms with Crippen molar-refractivity contribution in [1.29, 1.82) is 0 Å². The maximum Gasteiger partial charge on any atom is 0.210 e. The summed E-state index contributed by atoms with van der Waals surface area (Å²) in [5, 5.41) is 7.00. The largest absolute Gasteiger partial charge is 0.494 e. The molecule has 6 nitrogen and oxygen atoms in total. The number of hydrogen-bond acceptors (Lipinski definition) is 4. The fourth-order valence-electron chi connectivity index (χ4n) is 15.2. The summed E-state index contributed by atoms with van der Waals surface area (Å²) >= 11 is 14.5. The van der Waals surface area contributed by atoms with Crippen LogP contribution in [0.15, 0.2) is 202 Å². The maximum absolute atomic E-state index is 7.27. The van der Waals surface area contributed by atoms with Crippen LogP contribution in [0.2, 0.25) is 0 Å². The first kappa shape index (κ1) is 59.2. The second kappa shape index (κ2) is 23.2. The molecule has 8 heteroatoms. The predicted molar refractivity (Wildman–Crippen MR) is 365 cm³/mol. The smallest absolute Gasteiger partial charge is 0.210 e. The average Bonchev–Trinajstić information content (AvgIpc) is 1.66. The number of likely N-dealkylation sites (N-methyl/N-ethyl adjacent to an activating group) is 2. The predicted octanol–water partition coefficient (Wildman–Crippen LogP) is 20.0. The van der Waals surface area contributed by atoms with Crippen molar-refractivity contribution in [1.82, 2.24) is 0 Å². The van der Waals surface area contributed by atoms with Gasteiger partial charge in [-0.3, -0.25) is 0 Å². The highest BCUT2D eigenvalue weighted by Crippen LogP contribution is 2.53. The molecule has 0 saturated heterocycles. The highest BCUT2D eigenvalue weighted by molar-refractivity contribution is 6.33. The normalized spacial score (nSPS) is 21.0. The first-order valence-electron chi connectivity index (χ1n) is 31.8. The zero-order chi connectivity index (χ0) is 60.5. The Morgan fingerprint density at radius 3 is 1.27 bits per heavy atom. The van der Waals surface area contributed by atoms with Crippen molar-refractivity contribution >= 4 is 78.9 Å². The van der Waals surface area contributed by atoms with Gasteiger partial charge in [0.25, 0.3) is 0 Å². The van der Waals surface area contributed by atoms with Crippen LogP contribution in [-0.4, -0.2) is 60.0 Å². The molecule has 86 heavy (non-hydrogen) atoms. The lowest BCUT2D eigenvalue weighted by atomic mass is 9.81. The fraction of sp³-hybridized carbons (Fsp3) is 0.359. The highest BCUT2D eigenvalue weighted by Gasteiger charge is 2.47. The molecule has 4 aliphatic heterocycles. The zero-order valence-corrected chi connectivity index (χ0v) is 54.4. The van der Waals surface area contributed by atoms with E-state index in [4.69, 9.17) is 32.7 Å². The first-order chi connectivity index (χ1) is 41.3. The maximum atomic E-state index is 7.27. The summed E-state index contributed by atoms with van der Waals surface area (Å²) in [6, 6.07) is 39.9. The fourth-order valence-corrected chi connectivity index (χ4v) is 15.9. The van der Waals surface area contributed by atoms with Crippen LogP contribution >= 0.6 is 23.2 Å². The molecule has 0 amide bonds. The molecule has 0 N–H and O–H groups in total. The van der Waals surface area contributed by atoms with Gasteiger partial charge in [0.15, 0.2) is 11.4 Å². The molecule has 6 aliphatic rings. The molecule has 0 aromatic heterocycles. The van der Waals surface area contributed by atoms with Gasteiger partial charge in [-0.15, -0.1) is 0 Å². The van der Waals surface area contributed by atoms with E-state index in [1.807, 2.05) is 0 Å². The van der Waals surface area contributed by atoms with Crippen molar-refractivity contribution in [2.75, 3.05) is 49.2 Å². The van der Waals surface area contributed by atoms with E-state index < -0.39 is 0 Å². The number of halogens is 2. The Morgan fingerprint density at radius 2 is 0.872 bits per heavy atom. The number of nitrogens with zero attached hydrogens (tertiary/aromatic N) is 4. The Bertz CT molecular complexity index is 3830. The molecule has 6 aromatic carbocycles. The molecule has 0 saturated carbocycles. The SMILES string of the molecule is CCN1C(=CC=C2CCC(C=CC3=[N+](CC)c4ccc(OCCCCOc5ccc6c(c5)C(C)(C)C(C=CC5=C(Cl)C(=CC=C7N(CC)c8ccc9ccccc9c8C7(C)C)CC5)=[N+]6CC)cc4C3(C)C)=C2Cl)C(C)(C)c2c1ccc1ccccc21. The molecule has 0 fully saturated rings. The quantitative estimate of drug-likeness (QED) is 0.0673. The van der Waals surface area contributed by atoms with Crippen molar-refractivity contribution < 1.29 is 18.6 Å². The number of allylic oxidation sites excluding steroid dienone is 16. The Morgan fingerprint density at radius 1 is 0.465 bits per heavy atom. The van der Waals surface area contributed by atoms with E-state index in [2.05, 4.69) is 260 Å². The number of unbranched alkanes of at least 4 members (excludes halogenated alkanes) is 1. The summed E-state index contributed by atoms with van der Waals surface area (Å²) in [5.74, 6) is 1.81. The zero-order valence-electron chi connectivity index (χ0n) is 52.9. The van der Waals surface area contributed by atoms with Crippen LogP contribution < -0.4 is 19.3 Å². The third-order valence-corrected chi connectivity index (χ3v) is 20.8. The Labute approximate surface area is 522 Å². The molecule has 0 spiro atoms. The first-order valence-corrected chi connectivity index (χ1v) is 32.5. The van der Waals surface area contributed by atoms with Crippen LogP contribution in [0, 0.1) is 0 Å². The molecule has 0 unspecified atom stereocenters. The molecule has 2 aliphatic carbocycles. The summed E-state index contributed by atoms with van der Waals surface area (Å²) < 4.78 is 17.8. The highest BCUT2D eigenvalue weighted by atomic mass is 35.5. The minimum absolute atomic E-state index is 0.139. The van der Waals surface area contributed by atoms with Gasteiger partial charge < -0.3 is 19.3 Å². The van der Waals surface area contributed by atoms with Crippen LogP contribution in [0.3, 0.4) is 0 Å². The van der Waals surface area contributed by atoms with E-state index in [0.717, 1.165) is 86.3 Å². The lowest BCUT2D eigenvalue weighted by Crippen LogP contribution is -2.27.